The van der Waals surface area contributed by atoms with Gasteiger partial charge < -0.3 is 20.6 Å². The number of nitrogens with one attached hydrogen (secondary N) is 1. The number of hydrogen-bond acceptors (Lipinski definition) is 7. The Bertz CT molecular complexity index is 1740. The Morgan fingerprint density at radius 3 is 2.09 bits per heavy atom. The Morgan fingerprint density at radius 2 is 1.44 bits per heavy atom. The molecular formula is C34H34N4O5. The maximum Gasteiger partial charge on any atom is 0.303 e. The number of aliphatic carboxylic acids is 2. The fraction of sp³-hybridized carbons (Fsp3) is 0.265. The number of fused-ring (bicyclic) bond motifs is 5. The molecule has 220 valence electrons. The number of aliphatic hydroxyl groups is 1. The van der Waals surface area contributed by atoms with Crippen molar-refractivity contribution in [3.05, 3.63) is 117 Å². The number of aliphatic hydroxyl groups excluding tert-OH is 1. The molecule has 5 aliphatic heterocycles. The van der Waals surface area contributed by atoms with Crippen molar-refractivity contribution in [1.82, 2.24) is 5.32 Å². The van der Waals surface area contributed by atoms with Crippen LogP contribution >= 0.6 is 0 Å². The number of nitrogens with zero attached hydrogens (tertiary/aromatic N) is 3. The standard InChI is InChI=1S/C34H34N4O5/c1-6-21-17(2)25-13-26-18(3)22(7-9-33(40)41)31(36-26)16-32-23(8-10-34(42)43)19(4)28(38-32)15-30-24(11-12-39)20(5)27(37-30)14-29(21)35-25/h6,11-16,20,37,39H,1,7-10H2,2-5H3,(H,40,41)(H,42,43). The molecule has 9 nitrogen and oxygen atoms in total. The van der Waals surface area contributed by atoms with Gasteiger partial charge in [0.05, 0.1) is 40.5 Å². The van der Waals surface area contributed by atoms with Gasteiger partial charge in [-0.2, -0.15) is 0 Å². The van der Waals surface area contributed by atoms with Gasteiger partial charge in [0.15, 0.2) is 0 Å². The second kappa shape index (κ2) is 11.7. The summed E-state index contributed by atoms with van der Waals surface area (Å²) in [7, 11) is 0. The van der Waals surface area contributed by atoms with E-state index in [0.717, 1.165) is 68.1 Å². The second-order valence-corrected chi connectivity index (χ2v) is 10.9. The first-order chi connectivity index (χ1) is 20.5. The van der Waals surface area contributed by atoms with E-state index in [-0.39, 0.29) is 31.6 Å². The molecule has 0 saturated carbocycles. The van der Waals surface area contributed by atoms with E-state index in [2.05, 4.69) is 11.9 Å². The van der Waals surface area contributed by atoms with Crippen LogP contribution in [0.15, 0.2) is 132 Å². The monoisotopic (exact) mass is 578 g/mol. The smallest absolute Gasteiger partial charge is 0.303 e. The van der Waals surface area contributed by atoms with Crippen LogP contribution < -0.4 is 5.32 Å². The largest absolute Gasteiger partial charge is 0.516 e. The highest BCUT2D eigenvalue weighted by atomic mass is 16.4. The number of hydrogen-bond donors (Lipinski definition) is 4. The molecule has 0 radical (unpaired) electrons. The van der Waals surface area contributed by atoms with Crippen molar-refractivity contribution in [3.63, 3.8) is 0 Å². The highest BCUT2D eigenvalue weighted by Crippen LogP contribution is 2.38. The van der Waals surface area contributed by atoms with Crippen LogP contribution in [0.3, 0.4) is 0 Å². The van der Waals surface area contributed by atoms with Gasteiger partial charge in [-0.25, -0.2) is 15.0 Å². The van der Waals surface area contributed by atoms with Crippen LogP contribution in [0.1, 0.15) is 53.4 Å². The zero-order valence-electron chi connectivity index (χ0n) is 24.7. The van der Waals surface area contributed by atoms with E-state index in [4.69, 9.17) is 15.0 Å². The number of rotatable bonds is 8. The lowest BCUT2D eigenvalue weighted by Gasteiger charge is -2.08. The minimum Gasteiger partial charge on any atom is -0.516 e. The molecule has 5 aliphatic rings. The van der Waals surface area contributed by atoms with Crippen molar-refractivity contribution >= 4 is 29.1 Å². The first kappa shape index (κ1) is 29.4. The fourth-order valence-electron chi connectivity index (χ4n) is 5.86. The van der Waals surface area contributed by atoms with E-state index < -0.39 is 11.9 Å². The molecule has 43 heavy (non-hydrogen) atoms. The van der Waals surface area contributed by atoms with Gasteiger partial charge in [-0.3, -0.25) is 9.59 Å². The van der Waals surface area contributed by atoms with E-state index in [9.17, 15) is 24.9 Å². The van der Waals surface area contributed by atoms with E-state index in [1.54, 1.807) is 12.2 Å². The first-order valence-electron chi connectivity index (χ1n) is 14.2. The molecule has 1 unspecified atom stereocenters. The third-order valence-corrected chi connectivity index (χ3v) is 8.36. The van der Waals surface area contributed by atoms with Gasteiger partial charge >= 0.3 is 11.9 Å². The van der Waals surface area contributed by atoms with Crippen LogP contribution in [0, 0.1) is 5.92 Å². The number of aliphatic imine (C=N–C) groups is 3. The third kappa shape index (κ3) is 5.58. The van der Waals surface area contributed by atoms with Gasteiger partial charge in [0.1, 0.15) is 0 Å². The molecule has 0 aromatic carbocycles. The van der Waals surface area contributed by atoms with Gasteiger partial charge in [0.2, 0.25) is 0 Å². The van der Waals surface area contributed by atoms with Crippen LogP contribution in [-0.2, 0) is 9.59 Å². The maximum atomic E-state index is 11.5. The van der Waals surface area contributed by atoms with E-state index in [1.807, 2.05) is 52.0 Å². The Kier molecular flexibility index (Phi) is 8.00. The highest BCUT2D eigenvalue weighted by molar-refractivity contribution is 6.18. The number of allylic oxidation sites excluding steroid dienone is 13. The van der Waals surface area contributed by atoms with Gasteiger partial charge in [-0.15, -0.1) is 0 Å². The second-order valence-electron chi connectivity index (χ2n) is 10.9. The zero-order valence-corrected chi connectivity index (χ0v) is 24.7. The Labute approximate surface area is 250 Å². The molecule has 1 atom stereocenters. The van der Waals surface area contributed by atoms with Crippen molar-refractivity contribution in [2.75, 3.05) is 0 Å². The third-order valence-electron chi connectivity index (χ3n) is 8.36. The van der Waals surface area contributed by atoms with Crippen LogP contribution in [0.25, 0.3) is 0 Å². The van der Waals surface area contributed by atoms with Crippen molar-refractivity contribution in [1.29, 1.82) is 0 Å². The lowest BCUT2D eigenvalue weighted by molar-refractivity contribution is -0.137. The Hall–Kier alpha value is -5.05. The summed E-state index contributed by atoms with van der Waals surface area (Å²) < 4.78 is 0. The molecular weight excluding hydrogens is 544 g/mol. The lowest BCUT2D eigenvalue weighted by Crippen LogP contribution is -2.11. The summed E-state index contributed by atoms with van der Waals surface area (Å²) in [6, 6.07) is 0. The topological polar surface area (TPSA) is 144 Å². The van der Waals surface area contributed by atoms with Crippen LogP contribution in [0.5, 0.6) is 0 Å². The quantitative estimate of drug-likeness (QED) is 0.248. The van der Waals surface area contributed by atoms with Crippen molar-refractivity contribution in [2.45, 2.75) is 53.4 Å². The SMILES string of the molecule is C=CC1=C(C)C2=CC3=NC(=CC4=NC(=CC5=C(C=CO)C(C)C(=CC1=N2)N5)C(C)=C4CCC(=O)O)C(CCC(=O)O)=C3C. The van der Waals surface area contributed by atoms with Gasteiger partial charge in [0, 0.05) is 35.7 Å². The van der Waals surface area contributed by atoms with Crippen molar-refractivity contribution < 1.29 is 24.9 Å². The summed E-state index contributed by atoms with van der Waals surface area (Å²) in [4.78, 5) is 37.9. The molecule has 0 fully saturated rings. The average Bonchev–Trinajstić information content (AvgIpc) is 3.61. The van der Waals surface area contributed by atoms with E-state index in [1.165, 1.54) is 0 Å². The minimum atomic E-state index is -0.911. The normalized spacial score (nSPS) is 21.5. The highest BCUT2D eigenvalue weighted by Gasteiger charge is 2.30. The van der Waals surface area contributed by atoms with Crippen molar-refractivity contribution in [2.24, 2.45) is 20.9 Å². The number of carboxylic acids is 2. The molecule has 0 amide bonds. The molecule has 4 N–H and O–H groups in total. The molecule has 5 rings (SSSR count). The summed E-state index contributed by atoms with van der Waals surface area (Å²) in [5, 5.41) is 32.1. The Morgan fingerprint density at radius 1 is 0.837 bits per heavy atom. The summed E-state index contributed by atoms with van der Waals surface area (Å²) in [5.41, 5.74) is 11.7. The summed E-state index contributed by atoms with van der Waals surface area (Å²) in [6.07, 6.45) is 12.5. The minimum absolute atomic E-state index is 0.0592. The van der Waals surface area contributed by atoms with Gasteiger partial charge in [-0.05, 0) is 97.4 Å². The predicted molar refractivity (Wildman–Crippen MR) is 168 cm³/mol. The molecule has 0 aromatic heterocycles. The van der Waals surface area contributed by atoms with Crippen LogP contribution in [0.4, 0.5) is 0 Å². The zero-order chi connectivity index (χ0) is 31.0. The van der Waals surface area contributed by atoms with E-state index >= 15 is 0 Å². The molecule has 0 spiro atoms. The molecule has 0 aliphatic carbocycles. The predicted octanol–water partition coefficient (Wildman–Crippen LogP) is 6.33. The van der Waals surface area contributed by atoms with Crippen LogP contribution in [0.2, 0.25) is 0 Å². The van der Waals surface area contributed by atoms with Crippen molar-refractivity contribution in [3.8, 4) is 0 Å². The van der Waals surface area contributed by atoms with Gasteiger partial charge in [-0.1, -0.05) is 19.6 Å². The lowest BCUT2D eigenvalue weighted by atomic mass is 9.95. The molecule has 9 heteroatoms. The first-order valence-corrected chi connectivity index (χ1v) is 14.2. The summed E-state index contributed by atoms with van der Waals surface area (Å²) >= 11 is 0. The van der Waals surface area contributed by atoms with Crippen LogP contribution in [-0.4, -0.2) is 44.4 Å². The number of carbonyl (C=O) groups is 2. The summed E-state index contributed by atoms with van der Waals surface area (Å²) in [6.45, 7) is 11.9. The fourth-order valence-corrected chi connectivity index (χ4v) is 5.86. The van der Waals surface area contributed by atoms with Gasteiger partial charge in [0.25, 0.3) is 0 Å². The molecule has 5 heterocycles. The maximum absolute atomic E-state index is 11.5. The summed E-state index contributed by atoms with van der Waals surface area (Å²) in [5.74, 6) is -1.90. The number of carboxylic acid groups (broad SMARTS) is 2. The Balaban J connectivity index is 1.77. The molecule has 8 bridgehead atoms. The average molecular weight is 579 g/mol. The molecule has 0 aromatic rings. The van der Waals surface area contributed by atoms with E-state index in [0.29, 0.717) is 22.8 Å². The molecule has 0 saturated heterocycles.